The third-order valence-electron chi connectivity index (χ3n) is 3.43. The molecule has 0 bridgehead atoms. The van der Waals surface area contributed by atoms with Crippen molar-refractivity contribution in [1.29, 1.82) is 0 Å². The fraction of sp³-hybridized carbons (Fsp3) is 0.0588. The van der Waals surface area contributed by atoms with E-state index in [1.165, 1.54) is 5.56 Å². The fourth-order valence-corrected chi connectivity index (χ4v) is 3.22. The zero-order valence-electron chi connectivity index (χ0n) is 11.3. The molecule has 4 aromatic rings. The van der Waals surface area contributed by atoms with Crippen molar-refractivity contribution in [2.45, 2.75) is 6.54 Å². The number of benzene rings is 2. The quantitative estimate of drug-likeness (QED) is 0.566. The Labute approximate surface area is 126 Å². The molecule has 0 N–H and O–H groups in total. The van der Waals surface area contributed by atoms with E-state index in [-0.39, 0.29) is 0 Å². The molecule has 0 amide bonds. The van der Waals surface area contributed by atoms with Gasteiger partial charge in [0.1, 0.15) is 5.01 Å². The number of aromatic nitrogens is 3. The molecule has 0 spiro atoms. The molecule has 4 heteroatoms. The number of para-hydroxylation sites is 2. The minimum Gasteiger partial charge on any atom is -0.324 e. The lowest BCUT2D eigenvalue weighted by atomic mass is 10.2. The highest BCUT2D eigenvalue weighted by molar-refractivity contribution is 7.13. The van der Waals surface area contributed by atoms with E-state index in [2.05, 4.69) is 33.1 Å². The highest BCUT2D eigenvalue weighted by atomic mass is 32.1. The molecule has 0 aliphatic heterocycles. The molecule has 0 radical (unpaired) electrons. The molecule has 2 heterocycles. The molecule has 102 valence electrons. The van der Waals surface area contributed by atoms with E-state index in [4.69, 9.17) is 4.98 Å². The molecule has 4 rings (SSSR count). The van der Waals surface area contributed by atoms with E-state index < -0.39 is 0 Å². The van der Waals surface area contributed by atoms with Crippen LogP contribution in [0.25, 0.3) is 21.6 Å². The average molecular weight is 291 g/mol. The second-order valence-corrected chi connectivity index (χ2v) is 5.73. The van der Waals surface area contributed by atoms with Crippen LogP contribution >= 0.6 is 11.3 Å². The molecular weight excluding hydrogens is 278 g/mol. The zero-order valence-corrected chi connectivity index (χ0v) is 12.1. The predicted molar refractivity (Wildman–Crippen MR) is 86.4 cm³/mol. The Morgan fingerprint density at radius 1 is 0.952 bits per heavy atom. The summed E-state index contributed by atoms with van der Waals surface area (Å²) < 4.78 is 2.14. The Morgan fingerprint density at radius 2 is 1.76 bits per heavy atom. The fourth-order valence-electron chi connectivity index (χ4n) is 2.40. The summed E-state index contributed by atoms with van der Waals surface area (Å²) in [6, 6.07) is 18.5. The van der Waals surface area contributed by atoms with Crippen molar-refractivity contribution < 1.29 is 0 Å². The van der Waals surface area contributed by atoms with Gasteiger partial charge in [-0.15, -0.1) is 11.3 Å². The third-order valence-corrected chi connectivity index (χ3v) is 4.37. The van der Waals surface area contributed by atoms with Gasteiger partial charge in [0.05, 0.1) is 29.6 Å². The summed E-state index contributed by atoms with van der Waals surface area (Å²) in [6.45, 7) is 0.754. The summed E-state index contributed by atoms with van der Waals surface area (Å²) in [7, 11) is 0. The second kappa shape index (κ2) is 5.14. The lowest BCUT2D eigenvalue weighted by Crippen LogP contribution is -1.98. The second-order valence-electron chi connectivity index (χ2n) is 4.87. The molecule has 0 saturated heterocycles. The Bertz CT molecular complexity index is 877. The van der Waals surface area contributed by atoms with Crippen LogP contribution in [0.15, 0.2) is 66.3 Å². The van der Waals surface area contributed by atoms with E-state index in [9.17, 15) is 0 Å². The summed E-state index contributed by atoms with van der Waals surface area (Å²) in [6.07, 6.45) is 1.88. The lowest BCUT2D eigenvalue weighted by Gasteiger charge is -2.01. The van der Waals surface area contributed by atoms with Crippen LogP contribution in [0.5, 0.6) is 0 Å². The van der Waals surface area contributed by atoms with Gasteiger partial charge >= 0.3 is 0 Å². The molecule has 21 heavy (non-hydrogen) atoms. The maximum atomic E-state index is 4.73. The molecule has 0 aliphatic rings. The van der Waals surface area contributed by atoms with Crippen molar-refractivity contribution in [3.63, 3.8) is 0 Å². The summed E-state index contributed by atoms with van der Waals surface area (Å²) in [5.41, 5.74) is 4.41. The Balaban J connectivity index is 1.65. The van der Waals surface area contributed by atoms with E-state index in [1.807, 2.05) is 42.7 Å². The van der Waals surface area contributed by atoms with Crippen LogP contribution < -0.4 is 0 Å². The highest BCUT2D eigenvalue weighted by Gasteiger charge is 2.07. The molecule has 0 fully saturated rings. The van der Waals surface area contributed by atoms with Crippen molar-refractivity contribution in [3.05, 3.63) is 72.0 Å². The molecular formula is C17H13N3S. The van der Waals surface area contributed by atoms with Gasteiger partial charge in [-0.3, -0.25) is 0 Å². The van der Waals surface area contributed by atoms with Crippen LogP contribution in [-0.4, -0.2) is 14.5 Å². The van der Waals surface area contributed by atoms with Crippen LogP contribution in [0.1, 0.15) is 5.69 Å². The predicted octanol–water partition coefficient (Wildman–Crippen LogP) is 4.21. The maximum absolute atomic E-state index is 4.73. The molecule has 0 unspecified atom stereocenters. The van der Waals surface area contributed by atoms with Gasteiger partial charge in [-0.1, -0.05) is 42.5 Å². The van der Waals surface area contributed by atoms with Crippen molar-refractivity contribution >= 4 is 22.4 Å². The highest BCUT2D eigenvalue weighted by Crippen LogP contribution is 2.24. The average Bonchev–Trinajstić information content (AvgIpc) is 3.17. The molecule has 0 aliphatic carbocycles. The number of nitrogens with zero attached hydrogens (tertiary/aromatic N) is 3. The van der Waals surface area contributed by atoms with Crippen LogP contribution in [0.2, 0.25) is 0 Å². The van der Waals surface area contributed by atoms with E-state index in [0.717, 1.165) is 28.3 Å². The molecule has 3 nitrogen and oxygen atoms in total. The number of hydrogen-bond donors (Lipinski definition) is 0. The van der Waals surface area contributed by atoms with Crippen LogP contribution in [0.4, 0.5) is 0 Å². The van der Waals surface area contributed by atoms with Gasteiger partial charge in [0.15, 0.2) is 0 Å². The Kier molecular flexibility index (Phi) is 3.01. The summed E-state index contributed by atoms with van der Waals surface area (Å²) in [4.78, 5) is 9.15. The van der Waals surface area contributed by atoms with Crippen LogP contribution in [0, 0.1) is 0 Å². The van der Waals surface area contributed by atoms with E-state index >= 15 is 0 Å². The number of imidazole rings is 1. The number of rotatable bonds is 3. The molecule has 2 aromatic heterocycles. The van der Waals surface area contributed by atoms with Crippen molar-refractivity contribution in [2.75, 3.05) is 0 Å². The zero-order chi connectivity index (χ0) is 14.1. The van der Waals surface area contributed by atoms with Crippen molar-refractivity contribution in [3.8, 4) is 10.6 Å². The molecule has 2 aromatic carbocycles. The third kappa shape index (κ3) is 2.34. The number of hydrogen-bond acceptors (Lipinski definition) is 3. The largest absolute Gasteiger partial charge is 0.324 e. The maximum Gasteiger partial charge on any atom is 0.123 e. The first-order chi connectivity index (χ1) is 10.4. The summed E-state index contributed by atoms with van der Waals surface area (Å²) in [5, 5.41) is 3.19. The SMILES string of the molecule is c1ccc(-c2nc(Cn3cnc4ccccc43)cs2)cc1. The van der Waals surface area contributed by atoms with E-state index in [1.54, 1.807) is 11.3 Å². The van der Waals surface area contributed by atoms with E-state index in [0.29, 0.717) is 0 Å². The number of thiazole rings is 1. The van der Waals surface area contributed by atoms with Gasteiger partial charge in [0.25, 0.3) is 0 Å². The van der Waals surface area contributed by atoms with Crippen LogP contribution in [-0.2, 0) is 6.54 Å². The first-order valence-electron chi connectivity index (χ1n) is 6.80. The Hall–Kier alpha value is -2.46. The first kappa shape index (κ1) is 12.3. The summed E-state index contributed by atoms with van der Waals surface area (Å²) in [5.74, 6) is 0. The normalized spacial score (nSPS) is 11.0. The van der Waals surface area contributed by atoms with Gasteiger partial charge in [-0.2, -0.15) is 0 Å². The van der Waals surface area contributed by atoms with Crippen molar-refractivity contribution in [2.24, 2.45) is 0 Å². The van der Waals surface area contributed by atoms with Gasteiger partial charge < -0.3 is 4.57 Å². The van der Waals surface area contributed by atoms with Gasteiger partial charge in [0.2, 0.25) is 0 Å². The monoisotopic (exact) mass is 291 g/mol. The molecule has 0 atom stereocenters. The Morgan fingerprint density at radius 3 is 2.67 bits per heavy atom. The topological polar surface area (TPSA) is 30.7 Å². The van der Waals surface area contributed by atoms with Gasteiger partial charge in [-0.25, -0.2) is 9.97 Å². The molecule has 0 saturated carbocycles. The minimum absolute atomic E-state index is 0.754. The lowest BCUT2D eigenvalue weighted by molar-refractivity contribution is 0.804. The van der Waals surface area contributed by atoms with Crippen LogP contribution in [0.3, 0.4) is 0 Å². The van der Waals surface area contributed by atoms with Crippen molar-refractivity contribution in [1.82, 2.24) is 14.5 Å². The van der Waals surface area contributed by atoms with Gasteiger partial charge in [0, 0.05) is 10.9 Å². The first-order valence-corrected chi connectivity index (χ1v) is 7.68. The van der Waals surface area contributed by atoms with Gasteiger partial charge in [-0.05, 0) is 12.1 Å². The summed E-state index contributed by atoms with van der Waals surface area (Å²) >= 11 is 1.69. The number of fused-ring (bicyclic) bond motifs is 1. The smallest absolute Gasteiger partial charge is 0.123 e. The standard InChI is InChI=1S/C17H13N3S/c1-2-6-13(7-3-1)17-19-14(11-21-17)10-20-12-18-15-8-4-5-9-16(15)20/h1-9,11-12H,10H2. The minimum atomic E-state index is 0.754.